The Labute approximate surface area is 163 Å². The van der Waals surface area contributed by atoms with Crippen molar-refractivity contribution in [2.45, 2.75) is 50.0 Å². The van der Waals surface area contributed by atoms with Gasteiger partial charge in [-0.05, 0) is 30.9 Å². The topological polar surface area (TPSA) is 88.4 Å². The first-order valence-corrected chi connectivity index (χ1v) is 9.87. The molecule has 2 atom stereocenters. The van der Waals surface area contributed by atoms with E-state index < -0.39 is 23.7 Å². The predicted molar refractivity (Wildman–Crippen MR) is 96.8 cm³/mol. The third-order valence-electron chi connectivity index (χ3n) is 4.71. The minimum absolute atomic E-state index is 0.0374. The zero-order chi connectivity index (χ0) is 20.3. The lowest BCUT2D eigenvalue weighted by Crippen LogP contribution is -2.48. The molecule has 2 aromatic rings. The van der Waals surface area contributed by atoms with Gasteiger partial charge in [-0.15, -0.1) is 10.2 Å². The predicted octanol–water partition coefficient (Wildman–Crippen LogP) is 3.24. The van der Waals surface area contributed by atoms with Crippen LogP contribution in [0.3, 0.4) is 0 Å². The number of nitrogens with one attached hydrogen (secondary N) is 2. The maximum Gasteiger partial charge on any atom is 0.417 e. The molecule has 0 bridgehead atoms. The maximum atomic E-state index is 12.9. The van der Waals surface area contributed by atoms with E-state index in [1.54, 1.807) is 0 Å². The minimum atomic E-state index is -4.49. The molecule has 1 aliphatic rings. The molecule has 2 aromatic heterocycles. The average molecular weight is 415 g/mol. The fourth-order valence-corrected chi connectivity index (χ4v) is 3.88. The molecule has 1 aliphatic carbocycles. The van der Waals surface area contributed by atoms with E-state index in [0.717, 1.165) is 49.7 Å². The summed E-state index contributed by atoms with van der Waals surface area (Å²) >= 11 is 0.903. The number of nitrogens with zero attached hydrogens (tertiary/aromatic N) is 3. The third-order valence-corrected chi connectivity index (χ3v) is 5.65. The molecular formula is C17H20F3N5O2S. The zero-order valence-electron chi connectivity index (χ0n) is 15.1. The molecule has 1 fully saturated rings. The first-order chi connectivity index (χ1) is 13.2. The lowest BCUT2D eigenvalue weighted by molar-refractivity contribution is -0.137. The normalized spacial score (nSPS) is 20.1. The van der Waals surface area contributed by atoms with E-state index in [4.69, 9.17) is 0 Å². The van der Waals surface area contributed by atoms with Gasteiger partial charge in [0.05, 0.1) is 11.3 Å². The molecular weight excluding hydrogens is 395 g/mol. The number of carbonyl (C=O) groups excluding carboxylic acids is 2. The molecule has 0 radical (unpaired) electrons. The summed E-state index contributed by atoms with van der Waals surface area (Å²) in [6.45, 7) is 2.06. The summed E-state index contributed by atoms with van der Waals surface area (Å²) in [5.74, 6) is -0.381. The number of carbonyl (C=O) groups is 2. The number of fused-ring (bicyclic) bond motifs is 1. The molecule has 3 amide bonds. The number of aromatic nitrogens is 3. The van der Waals surface area contributed by atoms with Crippen molar-refractivity contribution in [1.82, 2.24) is 25.2 Å². The van der Waals surface area contributed by atoms with Gasteiger partial charge in [0.2, 0.25) is 5.91 Å². The lowest BCUT2D eigenvalue weighted by atomic mass is 9.86. The van der Waals surface area contributed by atoms with Gasteiger partial charge < -0.3 is 5.32 Å². The molecule has 2 N–H and O–H groups in total. The van der Waals surface area contributed by atoms with Crippen molar-refractivity contribution in [2.75, 3.05) is 5.75 Å². The van der Waals surface area contributed by atoms with Crippen LogP contribution < -0.4 is 10.6 Å². The number of urea groups is 1. The van der Waals surface area contributed by atoms with Crippen molar-refractivity contribution in [3.8, 4) is 0 Å². The largest absolute Gasteiger partial charge is 0.417 e. The van der Waals surface area contributed by atoms with Gasteiger partial charge in [-0.1, -0.05) is 31.5 Å². The standard InChI is InChI=1S/C17H20F3N5O2S/c1-10-4-2-3-5-12(10)21-15(27)22-14(26)9-28-16-24-23-13-7-6-11(8-25(13)16)17(18,19)20/h6-8,10,12H,2-5,9H2,1H3,(H2,21,22,26,27). The van der Waals surface area contributed by atoms with Crippen molar-refractivity contribution in [2.24, 2.45) is 5.92 Å². The van der Waals surface area contributed by atoms with Crippen LogP contribution in [0.15, 0.2) is 23.5 Å². The van der Waals surface area contributed by atoms with Crippen LogP contribution >= 0.6 is 11.8 Å². The smallest absolute Gasteiger partial charge is 0.335 e. The molecule has 28 heavy (non-hydrogen) atoms. The Morgan fingerprint density at radius 3 is 2.71 bits per heavy atom. The Morgan fingerprint density at radius 1 is 1.25 bits per heavy atom. The van der Waals surface area contributed by atoms with Crippen LogP contribution in [-0.4, -0.2) is 38.3 Å². The molecule has 0 aromatic carbocycles. The number of hydrogen-bond acceptors (Lipinski definition) is 5. The van der Waals surface area contributed by atoms with Gasteiger partial charge in [0.1, 0.15) is 0 Å². The van der Waals surface area contributed by atoms with Crippen molar-refractivity contribution >= 4 is 29.3 Å². The highest BCUT2D eigenvalue weighted by Gasteiger charge is 2.31. The Balaban J connectivity index is 1.56. The van der Waals surface area contributed by atoms with E-state index >= 15 is 0 Å². The number of alkyl halides is 3. The maximum absolute atomic E-state index is 12.9. The third kappa shape index (κ3) is 4.94. The molecule has 3 rings (SSSR count). The van der Waals surface area contributed by atoms with Gasteiger partial charge in [-0.25, -0.2) is 4.79 Å². The second-order valence-electron chi connectivity index (χ2n) is 6.80. The second kappa shape index (κ2) is 8.38. The number of imide groups is 1. The SMILES string of the molecule is CC1CCCCC1NC(=O)NC(=O)CSc1nnc2ccc(C(F)(F)F)cn12. The Kier molecular flexibility index (Phi) is 6.11. The first kappa shape index (κ1) is 20.4. The number of thioether (sulfide) groups is 1. The van der Waals surface area contributed by atoms with Gasteiger partial charge in [-0.2, -0.15) is 13.2 Å². The summed E-state index contributed by atoms with van der Waals surface area (Å²) in [5, 5.41) is 12.8. The lowest BCUT2D eigenvalue weighted by Gasteiger charge is -2.29. The van der Waals surface area contributed by atoms with Gasteiger partial charge in [-0.3, -0.25) is 14.5 Å². The van der Waals surface area contributed by atoms with Crippen LogP contribution in [-0.2, 0) is 11.0 Å². The van der Waals surface area contributed by atoms with Crippen molar-refractivity contribution in [3.63, 3.8) is 0 Å². The molecule has 0 spiro atoms. The molecule has 152 valence electrons. The van der Waals surface area contributed by atoms with Gasteiger partial charge in [0.15, 0.2) is 10.8 Å². The van der Waals surface area contributed by atoms with Gasteiger partial charge >= 0.3 is 12.2 Å². The highest BCUT2D eigenvalue weighted by molar-refractivity contribution is 7.99. The number of hydrogen-bond donors (Lipinski definition) is 2. The molecule has 0 saturated heterocycles. The Hall–Kier alpha value is -2.30. The number of pyridine rings is 1. The summed E-state index contributed by atoms with van der Waals surface area (Å²) < 4.78 is 39.8. The van der Waals surface area contributed by atoms with Crippen molar-refractivity contribution < 1.29 is 22.8 Å². The summed E-state index contributed by atoms with van der Waals surface area (Å²) in [5.41, 5.74) is -0.605. The number of rotatable bonds is 4. The summed E-state index contributed by atoms with van der Waals surface area (Å²) in [7, 11) is 0. The van der Waals surface area contributed by atoms with Gasteiger partial charge in [0.25, 0.3) is 0 Å². The van der Waals surface area contributed by atoms with Crippen LogP contribution in [0, 0.1) is 5.92 Å². The van der Waals surface area contributed by atoms with Crippen LogP contribution in [0.2, 0.25) is 0 Å². The van der Waals surface area contributed by atoms with Crippen molar-refractivity contribution in [1.29, 1.82) is 0 Å². The van der Waals surface area contributed by atoms with E-state index in [1.165, 1.54) is 10.5 Å². The fourth-order valence-electron chi connectivity index (χ4n) is 3.16. The highest BCUT2D eigenvalue weighted by Crippen LogP contribution is 2.30. The van der Waals surface area contributed by atoms with Crippen LogP contribution in [0.1, 0.15) is 38.2 Å². The van der Waals surface area contributed by atoms with Crippen LogP contribution in [0.4, 0.5) is 18.0 Å². The van der Waals surface area contributed by atoms with E-state index in [1.807, 2.05) is 0 Å². The average Bonchev–Trinajstić information content (AvgIpc) is 3.03. The molecule has 0 aliphatic heterocycles. The Morgan fingerprint density at radius 2 is 2.00 bits per heavy atom. The monoisotopic (exact) mass is 415 g/mol. The first-order valence-electron chi connectivity index (χ1n) is 8.89. The second-order valence-corrected chi connectivity index (χ2v) is 7.75. The number of amides is 3. The van der Waals surface area contributed by atoms with E-state index in [0.29, 0.717) is 5.92 Å². The van der Waals surface area contributed by atoms with Crippen LogP contribution in [0.5, 0.6) is 0 Å². The van der Waals surface area contributed by atoms with Gasteiger partial charge in [0, 0.05) is 12.2 Å². The quantitative estimate of drug-likeness (QED) is 0.749. The minimum Gasteiger partial charge on any atom is -0.335 e. The van der Waals surface area contributed by atoms with E-state index in [2.05, 4.69) is 27.8 Å². The van der Waals surface area contributed by atoms with E-state index in [-0.39, 0.29) is 22.6 Å². The zero-order valence-corrected chi connectivity index (χ0v) is 15.9. The summed E-state index contributed by atoms with van der Waals surface area (Å²) in [6, 6.07) is 1.60. The van der Waals surface area contributed by atoms with Crippen LogP contribution in [0.25, 0.3) is 5.65 Å². The van der Waals surface area contributed by atoms with Crippen molar-refractivity contribution in [3.05, 3.63) is 23.9 Å². The molecule has 11 heteroatoms. The fraction of sp³-hybridized carbons (Fsp3) is 0.529. The molecule has 7 nitrogen and oxygen atoms in total. The Bertz CT molecular complexity index is 870. The molecule has 2 unspecified atom stereocenters. The number of halogens is 3. The molecule has 1 saturated carbocycles. The summed E-state index contributed by atoms with van der Waals surface area (Å²) in [6.07, 6.45) is 0.482. The summed E-state index contributed by atoms with van der Waals surface area (Å²) in [4.78, 5) is 24.0. The molecule has 2 heterocycles. The highest BCUT2D eigenvalue weighted by atomic mass is 32.2. The van der Waals surface area contributed by atoms with E-state index in [9.17, 15) is 22.8 Å².